The van der Waals surface area contributed by atoms with Crippen molar-refractivity contribution in [1.82, 2.24) is 10.2 Å². The maximum Gasteiger partial charge on any atom is 0.273 e. The van der Waals surface area contributed by atoms with Gasteiger partial charge in [-0.25, -0.2) is 8.42 Å². The van der Waals surface area contributed by atoms with Crippen molar-refractivity contribution in [3.63, 3.8) is 0 Å². The number of hydrogen-bond acceptors (Lipinski definition) is 7. The third-order valence-electron chi connectivity index (χ3n) is 7.72. The molecule has 0 aromatic heterocycles. The molecular weight excluding hydrogens is 656 g/mol. The zero-order valence-electron chi connectivity index (χ0n) is 26.8. The fraction of sp³-hybridized carbons (Fsp3) is 0.257. The zero-order chi connectivity index (χ0) is 34.8. The smallest absolute Gasteiger partial charge is 0.273 e. The third-order valence-corrected chi connectivity index (χ3v) is 9.86. The highest BCUT2D eigenvalue weighted by atomic mass is 35.5. The van der Waals surface area contributed by atoms with Crippen molar-refractivity contribution in [2.45, 2.75) is 44.2 Å². The number of nitrogens with one attached hydrogen (secondary N) is 1. The summed E-state index contributed by atoms with van der Waals surface area (Å²) in [6.07, 6.45) is 0.806. The highest BCUT2D eigenvalue weighted by molar-refractivity contribution is 7.92. The van der Waals surface area contributed by atoms with Gasteiger partial charge in [0.2, 0.25) is 11.8 Å². The van der Waals surface area contributed by atoms with Crippen LogP contribution in [-0.4, -0.2) is 56.3 Å². The first kappa shape index (κ1) is 35.9. The lowest BCUT2D eigenvalue weighted by Gasteiger charge is -2.34. The minimum Gasteiger partial charge on any atom is -0.497 e. The van der Waals surface area contributed by atoms with Gasteiger partial charge in [0.25, 0.3) is 15.7 Å². The Hall–Kier alpha value is -4.94. The van der Waals surface area contributed by atoms with Gasteiger partial charge in [0.15, 0.2) is 0 Å². The highest BCUT2D eigenvalue weighted by Crippen LogP contribution is 2.30. The molecule has 4 rings (SSSR count). The third kappa shape index (κ3) is 8.69. The van der Waals surface area contributed by atoms with Crippen LogP contribution in [0.1, 0.15) is 30.0 Å². The topological polar surface area (TPSA) is 139 Å². The molecule has 0 aliphatic carbocycles. The first-order valence-electron chi connectivity index (χ1n) is 15.2. The Morgan fingerprint density at radius 3 is 2.27 bits per heavy atom. The molecule has 4 aromatic rings. The van der Waals surface area contributed by atoms with Crippen molar-refractivity contribution in [1.29, 1.82) is 0 Å². The van der Waals surface area contributed by atoms with Gasteiger partial charge in [-0.05, 0) is 60.9 Å². The Morgan fingerprint density at radius 1 is 0.979 bits per heavy atom. The van der Waals surface area contributed by atoms with Crippen LogP contribution in [0.2, 0.25) is 5.02 Å². The quantitative estimate of drug-likeness (QED) is 0.120. The lowest BCUT2D eigenvalue weighted by atomic mass is 10.0. The van der Waals surface area contributed by atoms with Crippen LogP contribution in [0.25, 0.3) is 0 Å². The highest BCUT2D eigenvalue weighted by Gasteiger charge is 2.35. The summed E-state index contributed by atoms with van der Waals surface area (Å²) in [4.78, 5) is 40.3. The van der Waals surface area contributed by atoms with Gasteiger partial charge in [0.05, 0.1) is 22.6 Å². The molecule has 0 aliphatic rings. The molecule has 0 saturated heterocycles. The van der Waals surface area contributed by atoms with Crippen LogP contribution in [0.4, 0.5) is 11.4 Å². The molecular formula is C35H37ClN4O7S. The van der Waals surface area contributed by atoms with Gasteiger partial charge in [0, 0.05) is 36.2 Å². The number of nitro benzene ring substituents is 1. The van der Waals surface area contributed by atoms with Crippen LogP contribution in [0, 0.1) is 17.0 Å². The maximum absolute atomic E-state index is 14.5. The van der Waals surface area contributed by atoms with Crippen LogP contribution >= 0.6 is 11.6 Å². The Bertz CT molecular complexity index is 1850. The van der Waals surface area contributed by atoms with Crippen molar-refractivity contribution in [3.8, 4) is 5.75 Å². The minimum atomic E-state index is -4.56. The molecule has 0 heterocycles. The number of aryl methyl sites for hydroxylation is 1. The molecule has 11 nitrogen and oxygen atoms in total. The summed E-state index contributed by atoms with van der Waals surface area (Å²) < 4.78 is 34.7. The van der Waals surface area contributed by atoms with Gasteiger partial charge in [0.1, 0.15) is 18.3 Å². The van der Waals surface area contributed by atoms with Crippen LogP contribution < -0.4 is 14.4 Å². The summed E-state index contributed by atoms with van der Waals surface area (Å²) >= 11 is 6.53. The van der Waals surface area contributed by atoms with Crippen molar-refractivity contribution in [2.24, 2.45) is 0 Å². The normalized spacial score (nSPS) is 11.8. The Balaban J connectivity index is 1.84. The Kier molecular flexibility index (Phi) is 12.2. The molecule has 0 fully saturated rings. The number of sulfonamides is 1. The van der Waals surface area contributed by atoms with Crippen molar-refractivity contribution >= 4 is 44.8 Å². The zero-order valence-corrected chi connectivity index (χ0v) is 28.4. The molecule has 2 amide bonds. The van der Waals surface area contributed by atoms with E-state index in [1.54, 1.807) is 24.3 Å². The number of anilines is 1. The van der Waals surface area contributed by atoms with E-state index < -0.39 is 39.3 Å². The van der Waals surface area contributed by atoms with Gasteiger partial charge >= 0.3 is 0 Å². The Morgan fingerprint density at radius 2 is 1.65 bits per heavy atom. The van der Waals surface area contributed by atoms with E-state index in [1.807, 2.05) is 37.3 Å². The van der Waals surface area contributed by atoms with E-state index in [2.05, 4.69) is 5.32 Å². The average molecular weight is 693 g/mol. The molecule has 0 radical (unpaired) electrons. The first-order valence-corrected chi connectivity index (χ1v) is 17.0. The molecule has 1 N–H and O–H groups in total. The number of amides is 2. The van der Waals surface area contributed by atoms with E-state index in [9.17, 15) is 28.1 Å². The standard InChI is InChI=1S/C35H37ClN4O7S/c1-4-20-37-35(42)33(21-26-10-6-5-7-11-26)38(23-27-12-8-9-13-31(27)36)34(41)24-39(28-15-17-29(47-3)18-16-28)48(45,46)30-19-14-25(2)32(22-30)40(43)44/h5-19,22,33H,4,20-21,23-24H2,1-3H3,(H,37,42). The van der Waals surface area contributed by atoms with E-state index >= 15 is 0 Å². The maximum atomic E-state index is 14.5. The van der Waals surface area contributed by atoms with E-state index in [4.69, 9.17) is 16.3 Å². The number of hydrogen-bond donors (Lipinski definition) is 1. The van der Waals surface area contributed by atoms with Gasteiger partial charge < -0.3 is 15.0 Å². The van der Waals surface area contributed by atoms with Gasteiger partial charge in [-0.2, -0.15) is 0 Å². The predicted octanol–water partition coefficient (Wildman–Crippen LogP) is 5.93. The predicted molar refractivity (Wildman–Crippen MR) is 185 cm³/mol. The van der Waals surface area contributed by atoms with Gasteiger partial charge in [-0.15, -0.1) is 0 Å². The molecule has 0 saturated carbocycles. The number of carbonyl (C=O) groups is 2. The van der Waals surface area contributed by atoms with Crippen molar-refractivity contribution in [2.75, 3.05) is 24.5 Å². The summed E-state index contributed by atoms with van der Waals surface area (Å²) in [5.74, 6) is -0.651. The lowest BCUT2D eigenvalue weighted by Crippen LogP contribution is -2.53. The largest absolute Gasteiger partial charge is 0.497 e. The van der Waals surface area contributed by atoms with Crippen LogP contribution in [-0.2, 0) is 32.6 Å². The number of ether oxygens (including phenoxy) is 1. The summed E-state index contributed by atoms with van der Waals surface area (Å²) in [6.45, 7) is 2.96. The second-order valence-corrected chi connectivity index (χ2v) is 13.3. The van der Waals surface area contributed by atoms with E-state index in [0.717, 1.165) is 15.9 Å². The average Bonchev–Trinajstić information content (AvgIpc) is 3.08. The summed E-state index contributed by atoms with van der Waals surface area (Å²) in [5.41, 5.74) is 1.35. The van der Waals surface area contributed by atoms with Crippen molar-refractivity contribution < 1.29 is 27.7 Å². The second kappa shape index (κ2) is 16.2. The number of halogens is 1. The molecule has 1 atom stereocenters. The fourth-order valence-electron chi connectivity index (χ4n) is 5.08. The van der Waals surface area contributed by atoms with E-state index in [-0.39, 0.29) is 34.8 Å². The molecule has 13 heteroatoms. The summed E-state index contributed by atoms with van der Waals surface area (Å²) in [5, 5.41) is 15.0. The lowest BCUT2D eigenvalue weighted by molar-refractivity contribution is -0.385. The number of nitrogens with zero attached hydrogens (tertiary/aromatic N) is 3. The van der Waals surface area contributed by atoms with Gasteiger partial charge in [-0.3, -0.25) is 24.0 Å². The number of nitro groups is 1. The molecule has 1 unspecified atom stereocenters. The molecule has 4 aromatic carbocycles. The number of benzene rings is 4. The summed E-state index contributed by atoms with van der Waals surface area (Å²) in [7, 11) is -3.10. The number of carbonyl (C=O) groups excluding carboxylic acids is 2. The monoisotopic (exact) mass is 692 g/mol. The molecule has 0 bridgehead atoms. The van der Waals surface area contributed by atoms with Crippen LogP contribution in [0.15, 0.2) is 102 Å². The first-order chi connectivity index (χ1) is 23.0. The summed E-state index contributed by atoms with van der Waals surface area (Å²) in [6, 6.07) is 24.7. The molecule has 48 heavy (non-hydrogen) atoms. The van der Waals surface area contributed by atoms with Crippen molar-refractivity contribution in [3.05, 3.63) is 129 Å². The molecule has 252 valence electrons. The number of methoxy groups -OCH3 is 1. The minimum absolute atomic E-state index is 0.0952. The molecule has 0 aliphatic heterocycles. The van der Waals surface area contributed by atoms with Crippen LogP contribution in [0.5, 0.6) is 5.75 Å². The SMILES string of the molecule is CCCNC(=O)C(Cc1ccccc1)N(Cc1ccccc1Cl)C(=O)CN(c1ccc(OC)cc1)S(=O)(=O)c1ccc(C)c([N+](=O)[O-])c1. The van der Waals surface area contributed by atoms with E-state index in [1.165, 1.54) is 55.3 Å². The van der Waals surface area contributed by atoms with Crippen LogP contribution in [0.3, 0.4) is 0 Å². The molecule has 0 spiro atoms. The van der Waals surface area contributed by atoms with E-state index in [0.29, 0.717) is 29.3 Å². The Labute approximate surface area is 285 Å². The second-order valence-electron chi connectivity index (χ2n) is 11.0. The fourth-order valence-corrected chi connectivity index (χ4v) is 6.71. The number of rotatable bonds is 15. The van der Waals surface area contributed by atoms with Gasteiger partial charge in [-0.1, -0.05) is 73.1 Å².